The van der Waals surface area contributed by atoms with E-state index in [1.807, 2.05) is 45.0 Å². The SMILES string of the molecule is COCC(C)(C)NCC(=O)Nc1ccc(C)cc1. The smallest absolute Gasteiger partial charge is 0.238 e. The average Bonchev–Trinajstić information content (AvgIpc) is 2.30. The van der Waals surface area contributed by atoms with E-state index in [0.717, 1.165) is 5.69 Å². The van der Waals surface area contributed by atoms with Gasteiger partial charge in [-0.1, -0.05) is 17.7 Å². The number of hydrogen-bond donors (Lipinski definition) is 2. The average molecular weight is 250 g/mol. The monoisotopic (exact) mass is 250 g/mol. The summed E-state index contributed by atoms with van der Waals surface area (Å²) in [6.45, 7) is 6.83. The van der Waals surface area contributed by atoms with Gasteiger partial charge in [-0.05, 0) is 32.9 Å². The maximum absolute atomic E-state index is 11.7. The summed E-state index contributed by atoms with van der Waals surface area (Å²) in [5.74, 6) is -0.0527. The van der Waals surface area contributed by atoms with Crippen LogP contribution in [0.1, 0.15) is 19.4 Å². The number of nitrogens with one attached hydrogen (secondary N) is 2. The maximum Gasteiger partial charge on any atom is 0.238 e. The summed E-state index contributed by atoms with van der Waals surface area (Å²) in [7, 11) is 1.65. The summed E-state index contributed by atoms with van der Waals surface area (Å²) in [6, 6.07) is 7.73. The van der Waals surface area contributed by atoms with E-state index >= 15 is 0 Å². The zero-order valence-electron chi connectivity index (χ0n) is 11.5. The van der Waals surface area contributed by atoms with Crippen LogP contribution < -0.4 is 10.6 Å². The molecule has 1 amide bonds. The Bertz CT molecular complexity index is 385. The lowest BCUT2D eigenvalue weighted by atomic mass is 10.1. The van der Waals surface area contributed by atoms with Crippen molar-refractivity contribution >= 4 is 11.6 Å². The fourth-order valence-corrected chi connectivity index (χ4v) is 1.57. The molecule has 0 aromatic heterocycles. The standard InChI is InChI=1S/C14H22N2O2/c1-11-5-7-12(8-6-11)16-13(17)9-15-14(2,3)10-18-4/h5-8,15H,9-10H2,1-4H3,(H,16,17). The first-order valence-electron chi connectivity index (χ1n) is 6.03. The summed E-state index contributed by atoms with van der Waals surface area (Å²) in [6.07, 6.45) is 0. The first-order valence-corrected chi connectivity index (χ1v) is 6.03. The van der Waals surface area contributed by atoms with E-state index < -0.39 is 0 Å². The third kappa shape index (κ3) is 5.29. The minimum atomic E-state index is -0.209. The Kier molecular flexibility index (Phi) is 5.31. The molecule has 18 heavy (non-hydrogen) atoms. The Morgan fingerprint density at radius 3 is 2.44 bits per heavy atom. The third-order valence-electron chi connectivity index (χ3n) is 2.57. The van der Waals surface area contributed by atoms with E-state index in [1.165, 1.54) is 5.56 Å². The predicted octanol–water partition coefficient (Wildman–Crippen LogP) is 1.95. The second kappa shape index (κ2) is 6.52. The van der Waals surface area contributed by atoms with Gasteiger partial charge in [0, 0.05) is 18.3 Å². The number of aryl methyl sites for hydroxylation is 1. The number of hydrogen-bond acceptors (Lipinski definition) is 3. The zero-order chi connectivity index (χ0) is 13.6. The second-order valence-corrected chi connectivity index (χ2v) is 5.08. The van der Waals surface area contributed by atoms with Gasteiger partial charge in [-0.15, -0.1) is 0 Å². The van der Waals surface area contributed by atoms with Crippen molar-refractivity contribution in [1.29, 1.82) is 0 Å². The van der Waals surface area contributed by atoms with Gasteiger partial charge < -0.3 is 15.4 Å². The highest BCUT2D eigenvalue weighted by atomic mass is 16.5. The van der Waals surface area contributed by atoms with Crippen LogP contribution >= 0.6 is 0 Å². The Hall–Kier alpha value is -1.39. The molecule has 0 unspecified atom stereocenters. The number of rotatable bonds is 6. The van der Waals surface area contributed by atoms with Crippen molar-refractivity contribution in [2.45, 2.75) is 26.3 Å². The highest BCUT2D eigenvalue weighted by Gasteiger charge is 2.17. The number of amides is 1. The van der Waals surface area contributed by atoms with E-state index in [2.05, 4.69) is 10.6 Å². The van der Waals surface area contributed by atoms with Gasteiger partial charge in [0.25, 0.3) is 0 Å². The Balaban J connectivity index is 2.40. The zero-order valence-corrected chi connectivity index (χ0v) is 11.5. The lowest BCUT2D eigenvalue weighted by molar-refractivity contribution is -0.115. The molecule has 0 fully saturated rings. The molecule has 4 nitrogen and oxygen atoms in total. The molecule has 0 spiro atoms. The molecule has 0 saturated heterocycles. The van der Waals surface area contributed by atoms with Crippen LogP contribution in [-0.2, 0) is 9.53 Å². The molecule has 0 heterocycles. The van der Waals surface area contributed by atoms with E-state index in [-0.39, 0.29) is 18.0 Å². The Morgan fingerprint density at radius 2 is 1.89 bits per heavy atom. The van der Waals surface area contributed by atoms with E-state index in [1.54, 1.807) is 7.11 Å². The molecule has 100 valence electrons. The molecule has 0 saturated carbocycles. The lowest BCUT2D eigenvalue weighted by Gasteiger charge is -2.24. The first-order chi connectivity index (χ1) is 8.43. The molecule has 2 N–H and O–H groups in total. The van der Waals surface area contributed by atoms with Crippen molar-refractivity contribution in [3.63, 3.8) is 0 Å². The van der Waals surface area contributed by atoms with Crippen LogP contribution in [0.4, 0.5) is 5.69 Å². The van der Waals surface area contributed by atoms with Crippen LogP contribution in [0.3, 0.4) is 0 Å². The molecular formula is C14H22N2O2. The van der Waals surface area contributed by atoms with Gasteiger partial charge in [0.05, 0.1) is 13.2 Å². The molecule has 1 rings (SSSR count). The number of carbonyl (C=O) groups is 1. The number of anilines is 1. The summed E-state index contributed by atoms with van der Waals surface area (Å²) in [4.78, 5) is 11.7. The van der Waals surface area contributed by atoms with E-state index in [4.69, 9.17) is 4.74 Å². The van der Waals surface area contributed by atoms with Gasteiger partial charge in [-0.2, -0.15) is 0 Å². The summed E-state index contributed by atoms with van der Waals surface area (Å²) in [5, 5.41) is 6.00. The van der Waals surface area contributed by atoms with Gasteiger partial charge in [0.15, 0.2) is 0 Å². The van der Waals surface area contributed by atoms with Crippen LogP contribution in [0.5, 0.6) is 0 Å². The quantitative estimate of drug-likeness (QED) is 0.811. The second-order valence-electron chi connectivity index (χ2n) is 5.08. The maximum atomic E-state index is 11.7. The topological polar surface area (TPSA) is 50.4 Å². The fraction of sp³-hybridized carbons (Fsp3) is 0.500. The molecule has 1 aromatic carbocycles. The summed E-state index contributed by atoms with van der Waals surface area (Å²) in [5.41, 5.74) is 1.78. The molecule has 0 aliphatic rings. The molecule has 4 heteroatoms. The van der Waals surface area contributed by atoms with Crippen molar-refractivity contribution in [1.82, 2.24) is 5.32 Å². The molecule has 0 atom stereocenters. The molecule has 0 radical (unpaired) electrons. The van der Waals surface area contributed by atoms with Crippen LogP contribution in [-0.4, -0.2) is 31.7 Å². The van der Waals surface area contributed by atoms with Crippen LogP contribution in [0.15, 0.2) is 24.3 Å². The Labute approximate surface area is 109 Å². The number of ether oxygens (including phenoxy) is 1. The molecule has 1 aromatic rings. The van der Waals surface area contributed by atoms with Crippen LogP contribution in [0.25, 0.3) is 0 Å². The van der Waals surface area contributed by atoms with Crippen LogP contribution in [0.2, 0.25) is 0 Å². The highest BCUT2D eigenvalue weighted by Crippen LogP contribution is 2.08. The molecule has 0 aliphatic carbocycles. The van der Waals surface area contributed by atoms with Gasteiger partial charge in [0.2, 0.25) is 5.91 Å². The van der Waals surface area contributed by atoms with Gasteiger partial charge in [-0.25, -0.2) is 0 Å². The largest absolute Gasteiger partial charge is 0.383 e. The van der Waals surface area contributed by atoms with Crippen molar-refractivity contribution in [2.75, 3.05) is 25.6 Å². The molecule has 0 aliphatic heterocycles. The summed E-state index contributed by atoms with van der Waals surface area (Å²) >= 11 is 0. The normalized spacial score (nSPS) is 11.3. The Morgan fingerprint density at radius 1 is 1.28 bits per heavy atom. The van der Waals surface area contributed by atoms with Crippen molar-refractivity contribution in [2.24, 2.45) is 0 Å². The minimum absolute atomic E-state index is 0.0527. The third-order valence-corrected chi connectivity index (χ3v) is 2.57. The highest BCUT2D eigenvalue weighted by molar-refractivity contribution is 5.92. The summed E-state index contributed by atoms with van der Waals surface area (Å²) < 4.78 is 5.08. The number of methoxy groups -OCH3 is 1. The molecular weight excluding hydrogens is 228 g/mol. The van der Waals surface area contributed by atoms with Crippen molar-refractivity contribution in [3.8, 4) is 0 Å². The van der Waals surface area contributed by atoms with E-state index in [9.17, 15) is 4.79 Å². The number of carbonyl (C=O) groups excluding carboxylic acids is 1. The van der Waals surface area contributed by atoms with Gasteiger partial charge >= 0.3 is 0 Å². The van der Waals surface area contributed by atoms with Gasteiger partial charge in [-0.3, -0.25) is 4.79 Å². The first kappa shape index (κ1) is 14.7. The lowest BCUT2D eigenvalue weighted by Crippen LogP contribution is -2.46. The fourth-order valence-electron chi connectivity index (χ4n) is 1.57. The van der Waals surface area contributed by atoms with Crippen molar-refractivity contribution in [3.05, 3.63) is 29.8 Å². The number of benzene rings is 1. The van der Waals surface area contributed by atoms with Crippen LogP contribution in [0, 0.1) is 6.92 Å². The predicted molar refractivity (Wildman–Crippen MR) is 73.8 cm³/mol. The minimum Gasteiger partial charge on any atom is -0.383 e. The van der Waals surface area contributed by atoms with Crippen molar-refractivity contribution < 1.29 is 9.53 Å². The van der Waals surface area contributed by atoms with E-state index in [0.29, 0.717) is 6.61 Å². The molecule has 0 bridgehead atoms. The van der Waals surface area contributed by atoms with Gasteiger partial charge in [0.1, 0.15) is 0 Å².